The van der Waals surface area contributed by atoms with Gasteiger partial charge in [0.1, 0.15) is 5.69 Å². The first-order valence-corrected chi connectivity index (χ1v) is 6.61. The van der Waals surface area contributed by atoms with Gasteiger partial charge in [-0.2, -0.15) is 0 Å². The summed E-state index contributed by atoms with van der Waals surface area (Å²) in [5.74, 6) is -0.589. The van der Waals surface area contributed by atoms with Crippen molar-refractivity contribution in [1.29, 1.82) is 0 Å². The minimum atomic E-state index is -0.538. The standard InChI is InChI=1S/C13H19N3O5/c1-15-9-10(16(19)20)8-11(15)13(18)14-7-5-3-4-6-12(17)21-2/h8-9H,3-7H2,1-2H3,(H,14,18). The van der Waals surface area contributed by atoms with Crippen LogP contribution in [0.25, 0.3) is 0 Å². The number of nitro groups is 1. The number of nitrogens with zero attached hydrogens (tertiary/aromatic N) is 2. The van der Waals surface area contributed by atoms with Crippen molar-refractivity contribution in [3.8, 4) is 0 Å². The summed E-state index contributed by atoms with van der Waals surface area (Å²) < 4.78 is 5.94. The van der Waals surface area contributed by atoms with E-state index in [2.05, 4.69) is 10.1 Å². The zero-order chi connectivity index (χ0) is 15.8. The first-order chi connectivity index (χ1) is 9.95. The lowest BCUT2D eigenvalue weighted by Gasteiger charge is -2.05. The maximum Gasteiger partial charge on any atom is 0.305 e. The molecule has 0 aromatic carbocycles. The highest BCUT2D eigenvalue weighted by atomic mass is 16.6. The highest BCUT2D eigenvalue weighted by molar-refractivity contribution is 5.93. The number of ether oxygens (including phenoxy) is 1. The van der Waals surface area contributed by atoms with E-state index >= 15 is 0 Å². The van der Waals surface area contributed by atoms with E-state index in [1.807, 2.05) is 0 Å². The molecule has 1 heterocycles. The molecule has 1 rings (SSSR count). The molecule has 1 aromatic rings. The van der Waals surface area contributed by atoms with Crippen LogP contribution in [0.15, 0.2) is 12.3 Å². The molecule has 0 aliphatic rings. The van der Waals surface area contributed by atoms with Gasteiger partial charge < -0.3 is 14.6 Å². The molecule has 0 fully saturated rings. The Morgan fingerprint density at radius 2 is 2.10 bits per heavy atom. The summed E-state index contributed by atoms with van der Waals surface area (Å²) in [6.07, 6.45) is 3.90. The number of amides is 1. The first kappa shape index (κ1) is 16.7. The van der Waals surface area contributed by atoms with Gasteiger partial charge in [-0.25, -0.2) is 0 Å². The Morgan fingerprint density at radius 3 is 2.67 bits per heavy atom. The number of hydrogen-bond donors (Lipinski definition) is 1. The first-order valence-electron chi connectivity index (χ1n) is 6.61. The Labute approximate surface area is 122 Å². The molecule has 1 aromatic heterocycles. The van der Waals surface area contributed by atoms with Crippen LogP contribution in [0.3, 0.4) is 0 Å². The van der Waals surface area contributed by atoms with E-state index in [-0.39, 0.29) is 23.3 Å². The van der Waals surface area contributed by atoms with Crippen molar-refractivity contribution in [3.05, 3.63) is 28.1 Å². The SMILES string of the molecule is COC(=O)CCCCCNC(=O)c1cc([N+](=O)[O-])cn1C. The average Bonchev–Trinajstić information content (AvgIpc) is 2.84. The normalized spacial score (nSPS) is 10.2. The molecular formula is C13H19N3O5. The third-order valence-corrected chi connectivity index (χ3v) is 3.00. The van der Waals surface area contributed by atoms with Crippen LogP contribution >= 0.6 is 0 Å². The molecule has 8 heteroatoms. The van der Waals surface area contributed by atoms with E-state index in [9.17, 15) is 19.7 Å². The summed E-state index contributed by atoms with van der Waals surface area (Å²) >= 11 is 0. The predicted molar refractivity (Wildman–Crippen MR) is 74.9 cm³/mol. The van der Waals surface area contributed by atoms with Crippen molar-refractivity contribution in [2.24, 2.45) is 7.05 Å². The number of aromatic nitrogens is 1. The molecule has 0 radical (unpaired) electrons. The molecule has 0 saturated carbocycles. The van der Waals surface area contributed by atoms with Gasteiger partial charge in [0.15, 0.2) is 0 Å². The summed E-state index contributed by atoms with van der Waals surface area (Å²) in [5, 5.41) is 13.3. The monoisotopic (exact) mass is 297 g/mol. The van der Waals surface area contributed by atoms with Crippen LogP contribution in [0, 0.1) is 10.1 Å². The lowest BCUT2D eigenvalue weighted by atomic mass is 10.2. The second kappa shape index (κ2) is 8.03. The summed E-state index contributed by atoms with van der Waals surface area (Å²) in [4.78, 5) is 32.8. The van der Waals surface area contributed by atoms with Gasteiger partial charge in [0, 0.05) is 26.1 Å². The minimum Gasteiger partial charge on any atom is -0.469 e. The number of unbranched alkanes of at least 4 members (excludes halogenated alkanes) is 2. The Morgan fingerprint density at radius 1 is 1.38 bits per heavy atom. The number of aryl methyl sites for hydroxylation is 1. The van der Waals surface area contributed by atoms with Crippen molar-refractivity contribution < 1.29 is 19.2 Å². The van der Waals surface area contributed by atoms with Gasteiger partial charge in [-0.05, 0) is 12.8 Å². The van der Waals surface area contributed by atoms with Crippen molar-refractivity contribution in [2.75, 3.05) is 13.7 Å². The van der Waals surface area contributed by atoms with Crippen LogP contribution in [0.4, 0.5) is 5.69 Å². The van der Waals surface area contributed by atoms with Crippen LogP contribution in [0.1, 0.15) is 36.2 Å². The van der Waals surface area contributed by atoms with Crippen LogP contribution < -0.4 is 5.32 Å². The van der Waals surface area contributed by atoms with Crippen LogP contribution in [-0.4, -0.2) is 35.0 Å². The molecule has 0 bridgehead atoms. The van der Waals surface area contributed by atoms with E-state index in [0.717, 1.165) is 12.8 Å². The number of hydrogen-bond acceptors (Lipinski definition) is 5. The van der Waals surface area contributed by atoms with Gasteiger partial charge >= 0.3 is 5.97 Å². The Bertz CT molecular complexity index is 524. The number of rotatable bonds is 8. The Kier molecular flexibility index (Phi) is 6.38. The van der Waals surface area contributed by atoms with Crippen molar-refractivity contribution in [3.63, 3.8) is 0 Å². The van der Waals surface area contributed by atoms with Gasteiger partial charge in [0.25, 0.3) is 11.6 Å². The zero-order valence-corrected chi connectivity index (χ0v) is 12.1. The van der Waals surface area contributed by atoms with Crippen molar-refractivity contribution in [1.82, 2.24) is 9.88 Å². The predicted octanol–water partition coefficient (Wildman–Crippen LogP) is 1.40. The van der Waals surface area contributed by atoms with Gasteiger partial charge in [-0.3, -0.25) is 19.7 Å². The smallest absolute Gasteiger partial charge is 0.305 e. The van der Waals surface area contributed by atoms with Gasteiger partial charge in [0.2, 0.25) is 0 Å². The summed E-state index contributed by atoms with van der Waals surface area (Å²) in [5.41, 5.74) is 0.136. The summed E-state index contributed by atoms with van der Waals surface area (Å²) in [7, 11) is 2.93. The maximum atomic E-state index is 11.9. The lowest BCUT2D eigenvalue weighted by molar-refractivity contribution is -0.384. The molecule has 0 saturated heterocycles. The minimum absolute atomic E-state index is 0.110. The fourth-order valence-corrected chi connectivity index (χ4v) is 1.84. The molecule has 116 valence electrons. The Hall–Kier alpha value is -2.38. The largest absolute Gasteiger partial charge is 0.469 e. The average molecular weight is 297 g/mol. The molecule has 0 unspecified atom stereocenters. The topological polar surface area (TPSA) is 103 Å². The fraction of sp³-hybridized carbons (Fsp3) is 0.538. The lowest BCUT2D eigenvalue weighted by Crippen LogP contribution is -2.26. The summed E-state index contributed by atoms with van der Waals surface area (Å²) in [6.45, 7) is 0.457. The second-order valence-corrected chi connectivity index (χ2v) is 4.59. The quantitative estimate of drug-likeness (QED) is 0.338. The van der Waals surface area contributed by atoms with Gasteiger partial charge in [-0.15, -0.1) is 0 Å². The zero-order valence-electron chi connectivity index (χ0n) is 12.1. The third-order valence-electron chi connectivity index (χ3n) is 3.00. The number of nitrogens with one attached hydrogen (secondary N) is 1. The molecule has 8 nitrogen and oxygen atoms in total. The molecule has 0 atom stereocenters. The number of carbonyl (C=O) groups excluding carboxylic acids is 2. The van der Waals surface area contributed by atoms with Gasteiger partial charge in [0.05, 0.1) is 18.2 Å². The van der Waals surface area contributed by atoms with Crippen molar-refractivity contribution in [2.45, 2.75) is 25.7 Å². The second-order valence-electron chi connectivity index (χ2n) is 4.59. The highest BCUT2D eigenvalue weighted by Crippen LogP contribution is 2.14. The summed E-state index contributed by atoms with van der Waals surface area (Å²) in [6, 6.07) is 1.24. The third kappa shape index (κ3) is 5.25. The van der Waals surface area contributed by atoms with Gasteiger partial charge in [-0.1, -0.05) is 6.42 Å². The fourth-order valence-electron chi connectivity index (χ4n) is 1.84. The molecule has 21 heavy (non-hydrogen) atoms. The molecular weight excluding hydrogens is 278 g/mol. The molecule has 0 aliphatic carbocycles. The van der Waals surface area contributed by atoms with Crippen LogP contribution in [0.5, 0.6) is 0 Å². The van der Waals surface area contributed by atoms with Crippen LogP contribution in [0.2, 0.25) is 0 Å². The van der Waals surface area contributed by atoms with Crippen molar-refractivity contribution >= 4 is 17.6 Å². The van der Waals surface area contributed by atoms with E-state index in [1.165, 1.54) is 23.9 Å². The van der Waals surface area contributed by atoms with E-state index in [4.69, 9.17) is 0 Å². The van der Waals surface area contributed by atoms with E-state index < -0.39 is 4.92 Å². The molecule has 0 aliphatic heterocycles. The highest BCUT2D eigenvalue weighted by Gasteiger charge is 2.16. The van der Waals surface area contributed by atoms with Crippen LogP contribution in [-0.2, 0) is 16.6 Å². The molecule has 0 spiro atoms. The number of carbonyl (C=O) groups is 2. The molecule has 1 amide bonds. The Balaban J connectivity index is 2.31. The maximum absolute atomic E-state index is 11.9. The number of methoxy groups -OCH3 is 1. The number of esters is 1. The molecule has 1 N–H and O–H groups in total. The van der Waals surface area contributed by atoms with E-state index in [1.54, 1.807) is 7.05 Å². The van der Waals surface area contributed by atoms with E-state index in [0.29, 0.717) is 19.4 Å².